The molecule has 18 heavy (non-hydrogen) atoms. The number of rotatable bonds is 5. The zero-order chi connectivity index (χ0) is 13.9. The summed E-state index contributed by atoms with van der Waals surface area (Å²) in [6, 6.07) is 0.202. The van der Waals surface area contributed by atoms with Crippen molar-refractivity contribution in [1.82, 2.24) is 15.1 Å². The number of nitrogen functional groups attached to an aromatic ring is 1. The number of nitrogens with two attached hydrogens (primary N) is 1. The molecule has 0 radical (unpaired) electrons. The van der Waals surface area contributed by atoms with Crippen LogP contribution in [0.2, 0.25) is 0 Å². The number of carbonyl (C=O) groups excluding carboxylic acids is 1. The first-order chi connectivity index (χ1) is 8.38. The Morgan fingerprint density at radius 1 is 1.56 bits per heavy atom. The maximum atomic E-state index is 11.6. The standard InChI is InChI=1S/C12H23N5O/c1-6-14-10(18)7-16(5)12-11(13)9(4)15-17(12)8(2)3/h8H,6-7,13H2,1-5H3,(H,14,18). The molecule has 0 aliphatic rings. The van der Waals surface area contributed by atoms with Gasteiger partial charge in [0.2, 0.25) is 5.91 Å². The van der Waals surface area contributed by atoms with E-state index in [1.54, 1.807) is 0 Å². The van der Waals surface area contributed by atoms with Gasteiger partial charge in [-0.05, 0) is 27.7 Å². The summed E-state index contributed by atoms with van der Waals surface area (Å²) in [5.41, 5.74) is 7.46. The van der Waals surface area contributed by atoms with Crippen LogP contribution in [0.4, 0.5) is 11.5 Å². The predicted molar refractivity (Wildman–Crippen MR) is 73.7 cm³/mol. The molecule has 1 amide bonds. The molecule has 0 aromatic carbocycles. The third-order valence-corrected chi connectivity index (χ3v) is 2.71. The molecule has 0 aliphatic carbocycles. The summed E-state index contributed by atoms with van der Waals surface area (Å²) in [6.07, 6.45) is 0. The lowest BCUT2D eigenvalue weighted by Gasteiger charge is -2.22. The zero-order valence-corrected chi connectivity index (χ0v) is 11.8. The van der Waals surface area contributed by atoms with Gasteiger partial charge in [-0.3, -0.25) is 4.79 Å². The monoisotopic (exact) mass is 253 g/mol. The molecular weight excluding hydrogens is 230 g/mol. The van der Waals surface area contributed by atoms with Crippen molar-refractivity contribution in [1.29, 1.82) is 0 Å². The quantitative estimate of drug-likeness (QED) is 0.818. The number of nitrogens with one attached hydrogen (secondary N) is 1. The van der Waals surface area contributed by atoms with E-state index in [0.29, 0.717) is 12.2 Å². The van der Waals surface area contributed by atoms with Crippen molar-refractivity contribution in [2.45, 2.75) is 33.7 Å². The molecule has 6 heteroatoms. The van der Waals surface area contributed by atoms with Gasteiger partial charge in [0.25, 0.3) is 0 Å². The molecule has 0 unspecified atom stereocenters. The molecule has 1 aromatic rings. The van der Waals surface area contributed by atoms with Gasteiger partial charge in [0.05, 0.1) is 17.9 Å². The van der Waals surface area contributed by atoms with Gasteiger partial charge >= 0.3 is 0 Å². The smallest absolute Gasteiger partial charge is 0.239 e. The molecule has 0 saturated carbocycles. The van der Waals surface area contributed by atoms with E-state index in [0.717, 1.165) is 11.5 Å². The normalized spacial score (nSPS) is 10.8. The van der Waals surface area contributed by atoms with E-state index in [-0.39, 0.29) is 18.5 Å². The van der Waals surface area contributed by atoms with Crippen LogP contribution >= 0.6 is 0 Å². The number of likely N-dealkylation sites (N-methyl/N-ethyl adjacent to an activating group) is 2. The van der Waals surface area contributed by atoms with Crippen molar-refractivity contribution in [3.63, 3.8) is 0 Å². The van der Waals surface area contributed by atoms with Crippen molar-refractivity contribution in [3.05, 3.63) is 5.69 Å². The predicted octanol–water partition coefficient (Wildman–Crippen LogP) is 0.927. The number of amides is 1. The Bertz CT molecular complexity index is 424. The van der Waals surface area contributed by atoms with Gasteiger partial charge in [-0.2, -0.15) is 5.10 Å². The molecule has 0 atom stereocenters. The lowest BCUT2D eigenvalue weighted by molar-refractivity contribution is -0.119. The summed E-state index contributed by atoms with van der Waals surface area (Å²) in [6.45, 7) is 8.75. The highest BCUT2D eigenvalue weighted by Gasteiger charge is 2.19. The summed E-state index contributed by atoms with van der Waals surface area (Å²) in [5, 5.41) is 7.17. The topological polar surface area (TPSA) is 76.2 Å². The molecule has 1 rings (SSSR count). The highest BCUT2D eigenvalue weighted by Crippen LogP contribution is 2.28. The first-order valence-electron chi connectivity index (χ1n) is 6.20. The van der Waals surface area contributed by atoms with E-state index < -0.39 is 0 Å². The minimum Gasteiger partial charge on any atom is -0.394 e. The molecule has 0 spiro atoms. The van der Waals surface area contributed by atoms with E-state index in [2.05, 4.69) is 10.4 Å². The zero-order valence-electron chi connectivity index (χ0n) is 11.8. The molecule has 0 aliphatic heterocycles. The highest BCUT2D eigenvalue weighted by molar-refractivity contribution is 5.82. The van der Waals surface area contributed by atoms with Crippen LogP contribution in [-0.4, -0.2) is 35.8 Å². The molecule has 1 heterocycles. The molecule has 6 nitrogen and oxygen atoms in total. The van der Waals surface area contributed by atoms with Gasteiger partial charge in [-0.1, -0.05) is 0 Å². The average molecular weight is 253 g/mol. The van der Waals surface area contributed by atoms with Crippen LogP contribution in [0.1, 0.15) is 32.5 Å². The summed E-state index contributed by atoms with van der Waals surface area (Å²) < 4.78 is 1.85. The second-order valence-corrected chi connectivity index (χ2v) is 4.67. The summed E-state index contributed by atoms with van der Waals surface area (Å²) >= 11 is 0. The number of aryl methyl sites for hydroxylation is 1. The van der Waals surface area contributed by atoms with Crippen LogP contribution in [0.5, 0.6) is 0 Å². The van der Waals surface area contributed by atoms with Crippen LogP contribution in [-0.2, 0) is 4.79 Å². The van der Waals surface area contributed by atoms with Crippen molar-refractivity contribution >= 4 is 17.4 Å². The van der Waals surface area contributed by atoms with Crippen molar-refractivity contribution in [2.24, 2.45) is 0 Å². The lowest BCUT2D eigenvalue weighted by Crippen LogP contribution is -2.36. The summed E-state index contributed by atoms with van der Waals surface area (Å²) in [5.74, 6) is 0.780. The van der Waals surface area contributed by atoms with Crippen LogP contribution in [0, 0.1) is 6.92 Å². The van der Waals surface area contributed by atoms with Crippen LogP contribution < -0.4 is 16.0 Å². The number of anilines is 2. The van der Waals surface area contributed by atoms with Crippen LogP contribution in [0.25, 0.3) is 0 Å². The van der Waals surface area contributed by atoms with Gasteiger partial charge in [0.15, 0.2) is 5.82 Å². The second kappa shape index (κ2) is 5.75. The van der Waals surface area contributed by atoms with E-state index in [9.17, 15) is 4.79 Å². The average Bonchev–Trinajstić information content (AvgIpc) is 2.56. The Labute approximate surface area is 108 Å². The molecule has 1 aromatic heterocycles. The van der Waals surface area contributed by atoms with E-state index in [1.165, 1.54) is 0 Å². The Kier molecular flexibility index (Phi) is 4.58. The first-order valence-corrected chi connectivity index (χ1v) is 6.20. The van der Waals surface area contributed by atoms with Crippen LogP contribution in [0.3, 0.4) is 0 Å². The third kappa shape index (κ3) is 2.94. The fourth-order valence-corrected chi connectivity index (χ4v) is 1.83. The van der Waals surface area contributed by atoms with Gasteiger partial charge < -0.3 is 16.0 Å². The van der Waals surface area contributed by atoms with E-state index >= 15 is 0 Å². The van der Waals surface area contributed by atoms with Crippen molar-refractivity contribution < 1.29 is 4.79 Å². The maximum Gasteiger partial charge on any atom is 0.239 e. The van der Waals surface area contributed by atoms with Crippen molar-refractivity contribution in [3.8, 4) is 0 Å². The van der Waals surface area contributed by atoms with E-state index in [4.69, 9.17) is 5.73 Å². The molecule has 3 N–H and O–H groups in total. The summed E-state index contributed by atoms with van der Waals surface area (Å²) in [7, 11) is 1.85. The second-order valence-electron chi connectivity index (χ2n) is 4.67. The fraction of sp³-hybridized carbons (Fsp3) is 0.667. The number of nitrogens with zero attached hydrogens (tertiary/aromatic N) is 3. The van der Waals surface area contributed by atoms with E-state index in [1.807, 2.05) is 44.3 Å². The van der Waals surface area contributed by atoms with Crippen molar-refractivity contribution in [2.75, 3.05) is 30.8 Å². The Balaban J connectivity index is 2.97. The number of hydrogen-bond acceptors (Lipinski definition) is 4. The van der Waals surface area contributed by atoms with Gasteiger partial charge in [0, 0.05) is 19.6 Å². The lowest BCUT2D eigenvalue weighted by atomic mass is 10.3. The Morgan fingerprint density at radius 2 is 2.17 bits per heavy atom. The minimum atomic E-state index is -0.0199. The number of aromatic nitrogens is 2. The maximum absolute atomic E-state index is 11.6. The fourth-order valence-electron chi connectivity index (χ4n) is 1.83. The van der Waals surface area contributed by atoms with Crippen LogP contribution in [0.15, 0.2) is 0 Å². The largest absolute Gasteiger partial charge is 0.394 e. The molecule has 0 saturated heterocycles. The Morgan fingerprint density at radius 3 is 2.67 bits per heavy atom. The SMILES string of the molecule is CCNC(=O)CN(C)c1c(N)c(C)nn1C(C)C. The highest BCUT2D eigenvalue weighted by atomic mass is 16.2. The molecular formula is C12H23N5O. The molecule has 102 valence electrons. The van der Waals surface area contributed by atoms with Gasteiger partial charge in [0.1, 0.15) is 0 Å². The number of carbonyl (C=O) groups is 1. The molecule has 0 bridgehead atoms. The summed E-state index contributed by atoms with van der Waals surface area (Å²) in [4.78, 5) is 13.4. The molecule has 0 fully saturated rings. The third-order valence-electron chi connectivity index (χ3n) is 2.71. The first kappa shape index (κ1) is 14.3. The van der Waals surface area contributed by atoms with Gasteiger partial charge in [-0.15, -0.1) is 0 Å². The number of hydrogen-bond donors (Lipinski definition) is 2. The Hall–Kier alpha value is -1.72. The minimum absolute atomic E-state index is 0.0199. The van der Waals surface area contributed by atoms with Gasteiger partial charge in [-0.25, -0.2) is 4.68 Å².